The molecule has 0 aliphatic heterocycles. The standard InChI is InChI=1S/C7H9BrN2S/c1-5(9)2-3-7-10-4-6(8)11-7/h2-5H,9H2,1H3/b3-2+. The molecule has 0 spiro atoms. The first-order valence-electron chi connectivity index (χ1n) is 3.23. The fourth-order valence-electron chi connectivity index (χ4n) is 0.578. The highest BCUT2D eigenvalue weighted by atomic mass is 79.9. The van der Waals surface area contributed by atoms with E-state index >= 15 is 0 Å². The van der Waals surface area contributed by atoms with Gasteiger partial charge in [0.1, 0.15) is 5.01 Å². The van der Waals surface area contributed by atoms with E-state index in [0.717, 1.165) is 8.79 Å². The molecule has 1 heterocycles. The monoisotopic (exact) mass is 232 g/mol. The highest BCUT2D eigenvalue weighted by molar-refractivity contribution is 9.11. The van der Waals surface area contributed by atoms with Gasteiger partial charge in [0.25, 0.3) is 0 Å². The smallest absolute Gasteiger partial charge is 0.116 e. The van der Waals surface area contributed by atoms with E-state index in [0.29, 0.717) is 0 Å². The lowest BCUT2D eigenvalue weighted by Crippen LogP contribution is -2.09. The third-order valence-corrected chi connectivity index (χ3v) is 2.48. The first-order chi connectivity index (χ1) is 5.18. The van der Waals surface area contributed by atoms with E-state index in [1.807, 2.05) is 19.1 Å². The normalized spacial score (nSPS) is 14.1. The van der Waals surface area contributed by atoms with Crippen molar-refractivity contribution in [3.63, 3.8) is 0 Å². The number of thiazole rings is 1. The van der Waals surface area contributed by atoms with Gasteiger partial charge in [-0.15, -0.1) is 11.3 Å². The largest absolute Gasteiger partial charge is 0.325 e. The molecule has 1 aromatic heterocycles. The van der Waals surface area contributed by atoms with Gasteiger partial charge in [-0.3, -0.25) is 0 Å². The minimum atomic E-state index is 0.0951. The zero-order valence-corrected chi connectivity index (χ0v) is 8.52. The quantitative estimate of drug-likeness (QED) is 0.850. The van der Waals surface area contributed by atoms with Crippen molar-refractivity contribution >= 4 is 33.3 Å². The Bertz CT molecular complexity index is 255. The number of nitrogens with two attached hydrogens (primary N) is 1. The highest BCUT2D eigenvalue weighted by Gasteiger charge is 1.93. The van der Waals surface area contributed by atoms with Crippen LogP contribution in [-0.4, -0.2) is 11.0 Å². The van der Waals surface area contributed by atoms with Crippen LogP contribution in [0.2, 0.25) is 0 Å². The molecule has 0 amide bonds. The van der Waals surface area contributed by atoms with E-state index in [-0.39, 0.29) is 6.04 Å². The second-order valence-corrected chi connectivity index (χ2v) is 4.66. The van der Waals surface area contributed by atoms with Crippen LogP contribution in [0.25, 0.3) is 6.08 Å². The fraction of sp³-hybridized carbons (Fsp3) is 0.286. The molecule has 11 heavy (non-hydrogen) atoms. The van der Waals surface area contributed by atoms with Gasteiger partial charge in [0.2, 0.25) is 0 Å². The van der Waals surface area contributed by atoms with Crippen molar-refractivity contribution in [3.05, 3.63) is 21.1 Å². The summed E-state index contributed by atoms with van der Waals surface area (Å²) in [5.74, 6) is 0. The minimum Gasteiger partial charge on any atom is -0.325 e. The lowest BCUT2D eigenvalue weighted by Gasteiger charge is -1.90. The Morgan fingerprint density at radius 3 is 3.00 bits per heavy atom. The molecule has 1 rings (SSSR count). The lowest BCUT2D eigenvalue weighted by atomic mass is 10.3. The van der Waals surface area contributed by atoms with E-state index in [9.17, 15) is 0 Å². The molecule has 2 nitrogen and oxygen atoms in total. The summed E-state index contributed by atoms with van der Waals surface area (Å²) in [7, 11) is 0. The van der Waals surface area contributed by atoms with Gasteiger partial charge in [-0.25, -0.2) is 4.98 Å². The first kappa shape index (κ1) is 8.90. The molecule has 2 N–H and O–H groups in total. The molecule has 0 radical (unpaired) electrons. The lowest BCUT2D eigenvalue weighted by molar-refractivity contribution is 0.930. The average Bonchev–Trinajstić information content (AvgIpc) is 2.31. The number of halogens is 1. The van der Waals surface area contributed by atoms with Crippen LogP contribution >= 0.6 is 27.3 Å². The van der Waals surface area contributed by atoms with Gasteiger partial charge in [-0.1, -0.05) is 6.08 Å². The van der Waals surface area contributed by atoms with Crippen LogP contribution in [0.5, 0.6) is 0 Å². The summed E-state index contributed by atoms with van der Waals surface area (Å²) in [6, 6.07) is 0.0951. The average molecular weight is 233 g/mol. The third-order valence-electron chi connectivity index (χ3n) is 1.04. The van der Waals surface area contributed by atoms with Crippen molar-refractivity contribution in [3.8, 4) is 0 Å². The maximum Gasteiger partial charge on any atom is 0.116 e. The van der Waals surface area contributed by atoms with Crippen LogP contribution in [0.4, 0.5) is 0 Å². The zero-order chi connectivity index (χ0) is 8.27. The van der Waals surface area contributed by atoms with Gasteiger partial charge >= 0.3 is 0 Å². The van der Waals surface area contributed by atoms with Gasteiger partial charge in [-0.2, -0.15) is 0 Å². The number of hydrogen-bond donors (Lipinski definition) is 1. The number of hydrogen-bond acceptors (Lipinski definition) is 3. The van der Waals surface area contributed by atoms with Crippen molar-refractivity contribution in [2.75, 3.05) is 0 Å². The minimum absolute atomic E-state index is 0.0951. The molecule has 4 heteroatoms. The van der Waals surface area contributed by atoms with Gasteiger partial charge in [-0.05, 0) is 28.9 Å². The Hall–Kier alpha value is -0.190. The summed E-state index contributed by atoms with van der Waals surface area (Å²) in [6.45, 7) is 1.93. The van der Waals surface area contributed by atoms with Crippen molar-refractivity contribution in [1.82, 2.24) is 4.98 Å². The van der Waals surface area contributed by atoms with E-state index in [1.54, 1.807) is 17.5 Å². The summed E-state index contributed by atoms with van der Waals surface area (Å²) < 4.78 is 1.04. The summed E-state index contributed by atoms with van der Waals surface area (Å²) >= 11 is 4.92. The summed E-state index contributed by atoms with van der Waals surface area (Å²) in [5.41, 5.74) is 5.53. The molecule has 60 valence electrons. The van der Waals surface area contributed by atoms with E-state index in [1.165, 1.54) is 0 Å². The molecule has 0 aliphatic carbocycles. The van der Waals surface area contributed by atoms with Gasteiger partial charge in [0.05, 0.1) is 9.98 Å². The molecule has 1 unspecified atom stereocenters. The first-order valence-corrected chi connectivity index (χ1v) is 4.84. The summed E-state index contributed by atoms with van der Waals surface area (Å²) in [4.78, 5) is 4.12. The van der Waals surface area contributed by atoms with Gasteiger partial charge < -0.3 is 5.73 Å². The van der Waals surface area contributed by atoms with Crippen molar-refractivity contribution in [2.45, 2.75) is 13.0 Å². The second-order valence-electron chi connectivity index (χ2n) is 2.22. The molecule has 0 fully saturated rings. The number of nitrogens with zero attached hydrogens (tertiary/aromatic N) is 1. The van der Waals surface area contributed by atoms with Crippen LogP contribution in [0, 0.1) is 0 Å². The molecule has 0 bridgehead atoms. The Labute approximate surface area is 78.3 Å². The van der Waals surface area contributed by atoms with Crippen molar-refractivity contribution < 1.29 is 0 Å². The van der Waals surface area contributed by atoms with E-state index < -0.39 is 0 Å². The SMILES string of the molecule is CC(N)/C=C/c1ncc(Br)s1. The molecule has 0 aromatic carbocycles. The number of rotatable bonds is 2. The molecule has 0 saturated heterocycles. The predicted molar refractivity (Wildman–Crippen MR) is 52.5 cm³/mol. The molecule has 0 saturated carbocycles. The van der Waals surface area contributed by atoms with Gasteiger partial charge in [0.15, 0.2) is 0 Å². The van der Waals surface area contributed by atoms with Crippen molar-refractivity contribution in [2.24, 2.45) is 5.73 Å². The molecular formula is C7H9BrN2S. The van der Waals surface area contributed by atoms with E-state index in [4.69, 9.17) is 5.73 Å². The topological polar surface area (TPSA) is 38.9 Å². The Morgan fingerprint density at radius 1 is 1.82 bits per heavy atom. The fourth-order valence-corrected chi connectivity index (χ4v) is 1.74. The van der Waals surface area contributed by atoms with Crippen LogP contribution in [-0.2, 0) is 0 Å². The Balaban J connectivity index is 2.64. The van der Waals surface area contributed by atoms with E-state index in [2.05, 4.69) is 20.9 Å². The Morgan fingerprint density at radius 2 is 2.55 bits per heavy atom. The predicted octanol–water partition coefficient (Wildman–Crippen LogP) is 2.27. The van der Waals surface area contributed by atoms with Crippen LogP contribution < -0.4 is 5.73 Å². The summed E-state index contributed by atoms with van der Waals surface area (Å²) in [6.07, 6.45) is 5.64. The van der Waals surface area contributed by atoms with Crippen molar-refractivity contribution in [1.29, 1.82) is 0 Å². The summed E-state index contributed by atoms with van der Waals surface area (Å²) in [5, 5.41) is 0.981. The Kier molecular flexibility index (Phi) is 3.23. The highest BCUT2D eigenvalue weighted by Crippen LogP contribution is 2.19. The maximum absolute atomic E-state index is 5.53. The molecule has 1 atom stereocenters. The zero-order valence-electron chi connectivity index (χ0n) is 6.12. The molecular weight excluding hydrogens is 224 g/mol. The van der Waals surface area contributed by atoms with Gasteiger partial charge in [0, 0.05) is 6.04 Å². The van der Waals surface area contributed by atoms with Crippen LogP contribution in [0.3, 0.4) is 0 Å². The van der Waals surface area contributed by atoms with Crippen LogP contribution in [0.15, 0.2) is 16.1 Å². The maximum atomic E-state index is 5.53. The molecule has 1 aromatic rings. The molecule has 0 aliphatic rings. The number of aromatic nitrogens is 1. The second kappa shape index (κ2) is 3.99. The third kappa shape index (κ3) is 3.14. The van der Waals surface area contributed by atoms with Crippen LogP contribution in [0.1, 0.15) is 11.9 Å².